The Morgan fingerprint density at radius 2 is 1.54 bits per heavy atom. The number of halogens is 1. The van der Waals surface area contributed by atoms with Gasteiger partial charge in [0.1, 0.15) is 0 Å². The fourth-order valence-corrected chi connectivity index (χ4v) is 1.81. The van der Waals surface area contributed by atoms with Gasteiger partial charge in [-0.3, -0.25) is 0 Å². The molecule has 1 heterocycles. The quantitative estimate of drug-likeness (QED) is 0.675. The molecule has 1 fully saturated rings. The maximum atomic E-state index is 8.57. The van der Waals surface area contributed by atoms with Gasteiger partial charge in [0.2, 0.25) is 0 Å². The van der Waals surface area contributed by atoms with Gasteiger partial charge in [0.05, 0.1) is 0 Å². The van der Waals surface area contributed by atoms with Gasteiger partial charge in [-0.1, -0.05) is 12.8 Å². The average Bonchev–Trinajstić information content (AvgIpc) is 2.57. The van der Waals surface area contributed by atoms with E-state index in [-0.39, 0.29) is 12.4 Å². The Kier molecular flexibility index (Phi) is 8.93. The second-order valence-electron chi connectivity index (χ2n) is 3.69. The smallest absolute Gasteiger partial charge is 0.0431 e. The summed E-state index contributed by atoms with van der Waals surface area (Å²) < 4.78 is 0. The topological polar surface area (TPSA) is 23.5 Å². The van der Waals surface area contributed by atoms with Crippen molar-refractivity contribution in [3.05, 3.63) is 0 Å². The highest BCUT2D eigenvalue weighted by Crippen LogP contribution is 2.09. The summed E-state index contributed by atoms with van der Waals surface area (Å²) in [6, 6.07) is 0. The molecule has 2 nitrogen and oxygen atoms in total. The van der Waals surface area contributed by atoms with E-state index in [1.54, 1.807) is 0 Å². The molecule has 1 aliphatic rings. The van der Waals surface area contributed by atoms with Crippen LogP contribution in [0, 0.1) is 0 Å². The molecule has 0 aliphatic carbocycles. The molecule has 3 heteroatoms. The van der Waals surface area contributed by atoms with Crippen LogP contribution in [0.5, 0.6) is 0 Å². The standard InChI is InChI=1S/C10H21NO.ClH/c12-10-6-2-1-3-7-11-8-4-5-9-11;/h12H,1-10H2;1H. The van der Waals surface area contributed by atoms with Crippen LogP contribution in [0.4, 0.5) is 0 Å². The number of likely N-dealkylation sites (tertiary alicyclic amines) is 1. The Morgan fingerprint density at radius 3 is 2.15 bits per heavy atom. The fourth-order valence-electron chi connectivity index (χ4n) is 1.81. The van der Waals surface area contributed by atoms with Crippen molar-refractivity contribution >= 4 is 12.4 Å². The molecular weight excluding hydrogens is 186 g/mol. The summed E-state index contributed by atoms with van der Waals surface area (Å²) in [5.74, 6) is 0. The lowest BCUT2D eigenvalue weighted by Gasteiger charge is -2.13. The predicted octanol–water partition coefficient (Wildman–Crippen LogP) is 2.06. The lowest BCUT2D eigenvalue weighted by molar-refractivity contribution is 0.278. The van der Waals surface area contributed by atoms with Crippen molar-refractivity contribution in [2.45, 2.75) is 38.5 Å². The van der Waals surface area contributed by atoms with Crippen molar-refractivity contribution in [1.82, 2.24) is 4.90 Å². The monoisotopic (exact) mass is 207 g/mol. The van der Waals surface area contributed by atoms with E-state index in [0.29, 0.717) is 6.61 Å². The first-order chi connectivity index (χ1) is 5.93. The molecule has 1 N–H and O–H groups in total. The molecule has 0 aromatic heterocycles. The van der Waals surface area contributed by atoms with E-state index >= 15 is 0 Å². The third-order valence-corrected chi connectivity index (χ3v) is 2.58. The Bertz CT molecular complexity index is 105. The number of hydrogen-bond donors (Lipinski definition) is 1. The van der Waals surface area contributed by atoms with Gasteiger partial charge in [-0.05, 0) is 45.3 Å². The van der Waals surface area contributed by atoms with Crippen LogP contribution in [0.25, 0.3) is 0 Å². The summed E-state index contributed by atoms with van der Waals surface area (Å²) in [5, 5.41) is 8.57. The van der Waals surface area contributed by atoms with E-state index in [4.69, 9.17) is 5.11 Å². The SMILES string of the molecule is Cl.OCCCCCCN1CCCC1. The molecule has 0 atom stereocenters. The number of nitrogens with zero attached hydrogens (tertiary/aromatic N) is 1. The Labute approximate surface area is 87.7 Å². The first kappa shape index (κ1) is 13.2. The van der Waals surface area contributed by atoms with Crippen LogP contribution in [0.3, 0.4) is 0 Å². The minimum absolute atomic E-state index is 0. The minimum atomic E-state index is 0. The molecule has 0 aromatic carbocycles. The van der Waals surface area contributed by atoms with Gasteiger partial charge in [0.15, 0.2) is 0 Å². The third-order valence-electron chi connectivity index (χ3n) is 2.58. The molecule has 0 saturated carbocycles. The molecule has 0 bridgehead atoms. The van der Waals surface area contributed by atoms with Crippen molar-refractivity contribution in [2.24, 2.45) is 0 Å². The largest absolute Gasteiger partial charge is 0.396 e. The van der Waals surface area contributed by atoms with Crippen LogP contribution in [-0.2, 0) is 0 Å². The number of hydrogen-bond acceptors (Lipinski definition) is 2. The highest BCUT2D eigenvalue weighted by molar-refractivity contribution is 5.85. The summed E-state index contributed by atoms with van der Waals surface area (Å²) in [6.45, 7) is 4.29. The molecule has 80 valence electrons. The average molecular weight is 208 g/mol. The molecule has 0 amide bonds. The van der Waals surface area contributed by atoms with Crippen molar-refractivity contribution < 1.29 is 5.11 Å². The van der Waals surface area contributed by atoms with Gasteiger partial charge in [0, 0.05) is 6.61 Å². The highest BCUT2D eigenvalue weighted by atomic mass is 35.5. The second kappa shape index (κ2) is 8.79. The van der Waals surface area contributed by atoms with Crippen molar-refractivity contribution in [3.63, 3.8) is 0 Å². The number of aliphatic hydroxyl groups is 1. The minimum Gasteiger partial charge on any atom is -0.396 e. The summed E-state index contributed by atoms with van der Waals surface area (Å²) >= 11 is 0. The van der Waals surface area contributed by atoms with Crippen molar-refractivity contribution in [1.29, 1.82) is 0 Å². The Morgan fingerprint density at radius 1 is 0.923 bits per heavy atom. The molecule has 13 heavy (non-hydrogen) atoms. The van der Waals surface area contributed by atoms with Crippen LogP contribution < -0.4 is 0 Å². The predicted molar refractivity (Wildman–Crippen MR) is 58.5 cm³/mol. The lowest BCUT2D eigenvalue weighted by atomic mass is 10.2. The zero-order valence-electron chi connectivity index (χ0n) is 8.37. The summed E-state index contributed by atoms with van der Waals surface area (Å²) in [7, 11) is 0. The number of unbranched alkanes of at least 4 members (excludes halogenated alkanes) is 3. The maximum Gasteiger partial charge on any atom is 0.0431 e. The molecule has 0 aromatic rings. The molecule has 1 rings (SSSR count). The van der Waals surface area contributed by atoms with Crippen LogP contribution >= 0.6 is 12.4 Å². The van der Waals surface area contributed by atoms with Gasteiger partial charge in [0.25, 0.3) is 0 Å². The Balaban J connectivity index is 0.00000144. The lowest BCUT2D eigenvalue weighted by Crippen LogP contribution is -2.20. The van der Waals surface area contributed by atoms with Crippen LogP contribution in [0.15, 0.2) is 0 Å². The van der Waals surface area contributed by atoms with Gasteiger partial charge in [-0.15, -0.1) is 12.4 Å². The molecule has 1 saturated heterocycles. The zero-order chi connectivity index (χ0) is 8.65. The van der Waals surface area contributed by atoms with E-state index in [1.807, 2.05) is 0 Å². The summed E-state index contributed by atoms with van der Waals surface area (Å²) in [5.41, 5.74) is 0. The fraction of sp³-hybridized carbons (Fsp3) is 1.00. The number of aliphatic hydroxyl groups excluding tert-OH is 1. The zero-order valence-corrected chi connectivity index (χ0v) is 9.19. The normalized spacial score (nSPS) is 17.3. The van der Waals surface area contributed by atoms with E-state index < -0.39 is 0 Å². The maximum absolute atomic E-state index is 8.57. The van der Waals surface area contributed by atoms with E-state index in [9.17, 15) is 0 Å². The molecular formula is C10H22ClNO. The van der Waals surface area contributed by atoms with Crippen LogP contribution in [0.1, 0.15) is 38.5 Å². The second-order valence-corrected chi connectivity index (χ2v) is 3.69. The Hall–Kier alpha value is 0.210. The van der Waals surface area contributed by atoms with E-state index in [0.717, 1.165) is 6.42 Å². The van der Waals surface area contributed by atoms with Crippen molar-refractivity contribution in [2.75, 3.05) is 26.2 Å². The van der Waals surface area contributed by atoms with Gasteiger partial charge >= 0.3 is 0 Å². The van der Waals surface area contributed by atoms with E-state index in [2.05, 4.69) is 4.90 Å². The highest BCUT2D eigenvalue weighted by Gasteiger charge is 2.09. The first-order valence-electron chi connectivity index (χ1n) is 5.26. The molecule has 0 spiro atoms. The van der Waals surface area contributed by atoms with Crippen LogP contribution in [0.2, 0.25) is 0 Å². The third kappa shape index (κ3) is 6.30. The molecule has 1 aliphatic heterocycles. The van der Waals surface area contributed by atoms with Gasteiger partial charge in [-0.25, -0.2) is 0 Å². The van der Waals surface area contributed by atoms with Gasteiger partial charge in [-0.2, -0.15) is 0 Å². The summed E-state index contributed by atoms with van der Waals surface area (Å²) in [4.78, 5) is 2.55. The van der Waals surface area contributed by atoms with Crippen molar-refractivity contribution in [3.8, 4) is 0 Å². The summed E-state index contributed by atoms with van der Waals surface area (Å²) in [6.07, 6.45) is 7.59. The van der Waals surface area contributed by atoms with Crippen LogP contribution in [-0.4, -0.2) is 36.2 Å². The van der Waals surface area contributed by atoms with E-state index in [1.165, 1.54) is 51.7 Å². The molecule has 0 unspecified atom stereocenters. The molecule has 0 radical (unpaired) electrons. The first-order valence-corrected chi connectivity index (χ1v) is 5.26. The van der Waals surface area contributed by atoms with Gasteiger partial charge < -0.3 is 10.0 Å². The number of rotatable bonds is 6.